The van der Waals surface area contributed by atoms with Gasteiger partial charge in [-0.25, -0.2) is 4.98 Å². The molecule has 0 aliphatic carbocycles. The number of pyridine rings is 1. The molecule has 0 radical (unpaired) electrons. The molecular formula is C20H28N4O2S2. The fraction of sp³-hybridized carbons (Fsp3) is 0.550. The quantitative estimate of drug-likeness (QED) is 0.540. The zero-order valence-corrected chi connectivity index (χ0v) is 18.2. The maximum absolute atomic E-state index is 13.0. The van der Waals surface area contributed by atoms with E-state index >= 15 is 0 Å². The van der Waals surface area contributed by atoms with Gasteiger partial charge in [-0.05, 0) is 36.8 Å². The standard InChI is InChI=1S/C20H28N4O2S2/c1-4-11-24-19(26)16(7-14-27-2)22-20(24)8-12-23(13-9-20)18(25)15-6-5-10-21-17(15)28-3/h4-6,10,16,22H,1,7-9,11-14H2,2-3H3. The summed E-state index contributed by atoms with van der Waals surface area (Å²) in [5, 5.41) is 4.37. The van der Waals surface area contributed by atoms with Gasteiger partial charge < -0.3 is 9.80 Å². The molecule has 2 aliphatic heterocycles. The summed E-state index contributed by atoms with van der Waals surface area (Å²) in [6.45, 7) is 5.59. The molecule has 1 unspecified atom stereocenters. The SMILES string of the molecule is C=CCN1C(=O)C(CCSC)NC12CCN(C(=O)c1cccnc1SC)CC2. The van der Waals surface area contributed by atoms with Crippen LogP contribution in [-0.2, 0) is 4.79 Å². The fourth-order valence-corrected chi connectivity index (χ4v) is 5.08. The van der Waals surface area contributed by atoms with Crippen LogP contribution in [-0.4, -0.2) is 76.2 Å². The van der Waals surface area contributed by atoms with Gasteiger partial charge in [-0.15, -0.1) is 18.3 Å². The van der Waals surface area contributed by atoms with E-state index in [0.717, 1.165) is 30.0 Å². The second kappa shape index (κ2) is 9.33. The number of nitrogens with zero attached hydrogens (tertiary/aromatic N) is 3. The van der Waals surface area contributed by atoms with E-state index in [2.05, 4.69) is 23.1 Å². The smallest absolute Gasteiger partial charge is 0.256 e. The summed E-state index contributed by atoms with van der Waals surface area (Å²) < 4.78 is 0. The third-order valence-electron chi connectivity index (χ3n) is 5.52. The summed E-state index contributed by atoms with van der Waals surface area (Å²) in [4.78, 5) is 34.0. The van der Waals surface area contributed by atoms with Crippen LogP contribution in [0.4, 0.5) is 0 Å². The Labute approximate surface area is 175 Å². The maximum Gasteiger partial charge on any atom is 0.256 e. The lowest BCUT2D eigenvalue weighted by molar-refractivity contribution is -0.132. The van der Waals surface area contributed by atoms with Crippen LogP contribution in [0.25, 0.3) is 0 Å². The molecule has 2 aliphatic rings. The van der Waals surface area contributed by atoms with E-state index < -0.39 is 0 Å². The van der Waals surface area contributed by atoms with E-state index in [0.29, 0.717) is 25.2 Å². The van der Waals surface area contributed by atoms with Crippen LogP contribution in [0.15, 0.2) is 36.0 Å². The zero-order chi connectivity index (χ0) is 20.1. The molecule has 2 fully saturated rings. The van der Waals surface area contributed by atoms with Crippen molar-refractivity contribution in [3.05, 3.63) is 36.5 Å². The number of aromatic nitrogens is 1. The average molecular weight is 421 g/mol. The van der Waals surface area contributed by atoms with Gasteiger partial charge in [0.15, 0.2) is 0 Å². The summed E-state index contributed by atoms with van der Waals surface area (Å²) in [6.07, 6.45) is 9.76. The molecular weight excluding hydrogens is 392 g/mol. The van der Waals surface area contributed by atoms with Crippen molar-refractivity contribution < 1.29 is 9.59 Å². The minimum atomic E-state index is -0.373. The lowest BCUT2D eigenvalue weighted by Gasteiger charge is -2.44. The Bertz CT molecular complexity index is 735. The van der Waals surface area contributed by atoms with Crippen molar-refractivity contribution in [3.8, 4) is 0 Å². The van der Waals surface area contributed by atoms with E-state index in [-0.39, 0.29) is 23.5 Å². The van der Waals surface area contributed by atoms with Crippen molar-refractivity contribution in [2.45, 2.75) is 36.0 Å². The number of carbonyl (C=O) groups is 2. The summed E-state index contributed by atoms with van der Waals surface area (Å²) in [6, 6.07) is 3.50. The number of piperidine rings is 1. The van der Waals surface area contributed by atoms with Gasteiger partial charge in [-0.1, -0.05) is 6.08 Å². The van der Waals surface area contributed by atoms with E-state index in [1.54, 1.807) is 30.1 Å². The highest BCUT2D eigenvalue weighted by Gasteiger charge is 2.51. The van der Waals surface area contributed by atoms with Crippen LogP contribution >= 0.6 is 23.5 Å². The Morgan fingerprint density at radius 1 is 1.43 bits per heavy atom. The highest BCUT2D eigenvalue weighted by atomic mass is 32.2. The first kappa shape index (κ1) is 21.2. The van der Waals surface area contributed by atoms with Gasteiger partial charge in [0.1, 0.15) is 5.03 Å². The molecule has 6 nitrogen and oxygen atoms in total. The van der Waals surface area contributed by atoms with Crippen LogP contribution in [0.5, 0.6) is 0 Å². The van der Waals surface area contributed by atoms with Crippen LogP contribution < -0.4 is 5.32 Å². The van der Waals surface area contributed by atoms with Crippen LogP contribution in [0.2, 0.25) is 0 Å². The fourth-order valence-electron chi connectivity index (χ4n) is 4.07. The molecule has 2 amide bonds. The predicted octanol–water partition coefficient (Wildman–Crippen LogP) is 2.48. The van der Waals surface area contributed by atoms with Gasteiger partial charge >= 0.3 is 0 Å². The number of rotatable bonds is 7. The molecule has 3 heterocycles. The lowest BCUT2D eigenvalue weighted by atomic mass is 9.95. The number of nitrogens with one attached hydrogen (secondary N) is 1. The molecule has 0 bridgehead atoms. The second-order valence-electron chi connectivity index (χ2n) is 7.10. The van der Waals surface area contributed by atoms with Crippen molar-refractivity contribution in [1.29, 1.82) is 0 Å². The predicted molar refractivity (Wildman–Crippen MR) is 116 cm³/mol. The highest BCUT2D eigenvalue weighted by molar-refractivity contribution is 7.98. The van der Waals surface area contributed by atoms with Gasteiger partial charge in [0, 0.05) is 38.7 Å². The maximum atomic E-state index is 13.0. The van der Waals surface area contributed by atoms with Crippen LogP contribution in [0.1, 0.15) is 29.6 Å². The minimum Gasteiger partial charge on any atom is -0.338 e. The Morgan fingerprint density at radius 2 is 2.18 bits per heavy atom. The molecule has 152 valence electrons. The van der Waals surface area contributed by atoms with Crippen LogP contribution in [0.3, 0.4) is 0 Å². The van der Waals surface area contributed by atoms with E-state index in [4.69, 9.17) is 0 Å². The molecule has 0 saturated carbocycles. The number of hydrogen-bond donors (Lipinski definition) is 1. The monoisotopic (exact) mass is 420 g/mol. The van der Waals surface area contributed by atoms with Crippen molar-refractivity contribution in [1.82, 2.24) is 20.1 Å². The van der Waals surface area contributed by atoms with Gasteiger partial charge in [-0.2, -0.15) is 11.8 Å². The third kappa shape index (κ3) is 4.09. The molecule has 8 heteroatoms. The molecule has 1 aromatic rings. The Balaban J connectivity index is 1.72. The van der Waals surface area contributed by atoms with Crippen molar-refractivity contribution in [2.75, 3.05) is 37.9 Å². The highest BCUT2D eigenvalue weighted by Crippen LogP contribution is 2.34. The zero-order valence-electron chi connectivity index (χ0n) is 16.5. The normalized spacial score (nSPS) is 21.4. The molecule has 1 aromatic heterocycles. The van der Waals surface area contributed by atoms with Gasteiger partial charge in [0.2, 0.25) is 5.91 Å². The first-order chi connectivity index (χ1) is 13.6. The third-order valence-corrected chi connectivity index (χ3v) is 6.87. The second-order valence-corrected chi connectivity index (χ2v) is 8.88. The molecule has 1 atom stereocenters. The Morgan fingerprint density at radius 3 is 2.82 bits per heavy atom. The number of hydrogen-bond acceptors (Lipinski definition) is 6. The average Bonchev–Trinajstić information content (AvgIpc) is 2.98. The van der Waals surface area contributed by atoms with Crippen molar-refractivity contribution in [3.63, 3.8) is 0 Å². The summed E-state index contributed by atoms with van der Waals surface area (Å²) >= 11 is 3.24. The summed E-state index contributed by atoms with van der Waals surface area (Å²) in [5.74, 6) is 1.13. The number of thioether (sulfide) groups is 2. The molecule has 1 spiro atoms. The summed E-state index contributed by atoms with van der Waals surface area (Å²) in [5.41, 5.74) is 0.282. The summed E-state index contributed by atoms with van der Waals surface area (Å²) in [7, 11) is 0. The van der Waals surface area contributed by atoms with E-state index in [9.17, 15) is 9.59 Å². The topological polar surface area (TPSA) is 65.5 Å². The Hall–Kier alpha value is -1.51. The van der Waals surface area contributed by atoms with Gasteiger partial charge in [0.25, 0.3) is 5.91 Å². The molecule has 0 aromatic carbocycles. The number of amides is 2. The lowest BCUT2D eigenvalue weighted by Crippen LogP contribution is -2.59. The molecule has 1 N–H and O–H groups in total. The van der Waals surface area contributed by atoms with Gasteiger partial charge in [-0.3, -0.25) is 14.9 Å². The van der Waals surface area contributed by atoms with Crippen LogP contribution in [0, 0.1) is 0 Å². The van der Waals surface area contributed by atoms with Crippen molar-refractivity contribution in [2.24, 2.45) is 0 Å². The Kier molecular flexibility index (Phi) is 7.06. The number of carbonyl (C=O) groups excluding carboxylic acids is 2. The first-order valence-electron chi connectivity index (χ1n) is 9.53. The molecule has 2 saturated heterocycles. The first-order valence-corrected chi connectivity index (χ1v) is 12.2. The number of likely N-dealkylation sites (tertiary alicyclic amines) is 1. The largest absolute Gasteiger partial charge is 0.338 e. The van der Waals surface area contributed by atoms with Crippen molar-refractivity contribution >= 4 is 35.3 Å². The van der Waals surface area contributed by atoms with E-state index in [1.165, 1.54) is 11.8 Å². The minimum absolute atomic E-state index is 0.0193. The van der Waals surface area contributed by atoms with E-state index in [1.807, 2.05) is 22.1 Å². The molecule has 28 heavy (non-hydrogen) atoms. The molecule has 3 rings (SSSR count). The van der Waals surface area contributed by atoms with Gasteiger partial charge in [0.05, 0.1) is 17.3 Å².